The van der Waals surface area contributed by atoms with Gasteiger partial charge in [0.05, 0.1) is 10.6 Å². The van der Waals surface area contributed by atoms with Gasteiger partial charge < -0.3 is 5.32 Å². The molecular weight excluding hydrogens is 212 g/mol. The first-order valence-electron chi connectivity index (χ1n) is 5.10. The Morgan fingerprint density at radius 3 is 2.87 bits per heavy atom. The highest BCUT2D eigenvalue weighted by Gasteiger charge is 2.21. The molecule has 1 aliphatic rings. The van der Waals surface area contributed by atoms with E-state index in [4.69, 9.17) is 11.6 Å². The van der Waals surface area contributed by atoms with Crippen LogP contribution in [0.2, 0.25) is 5.02 Å². The van der Waals surface area contributed by atoms with E-state index in [1.165, 1.54) is 12.6 Å². The average Bonchev–Trinajstić information content (AvgIpc) is 2.11. The molecule has 4 heteroatoms. The zero-order chi connectivity index (χ0) is 10.8. The minimum atomic E-state index is -0.114. The zero-order valence-corrected chi connectivity index (χ0v) is 9.34. The van der Waals surface area contributed by atoms with Crippen LogP contribution in [-0.4, -0.2) is 16.9 Å². The number of nitrogens with one attached hydrogen (secondary N) is 1. The zero-order valence-electron chi connectivity index (χ0n) is 8.59. The Bertz CT molecular complexity index is 388. The number of carbonyl (C=O) groups excluding carboxylic acids is 1. The number of rotatable bonds is 2. The quantitative estimate of drug-likeness (QED) is 0.838. The third-order valence-corrected chi connectivity index (χ3v) is 2.99. The van der Waals surface area contributed by atoms with E-state index < -0.39 is 0 Å². The second kappa shape index (κ2) is 4.19. The Morgan fingerprint density at radius 2 is 2.33 bits per heavy atom. The van der Waals surface area contributed by atoms with E-state index in [2.05, 4.69) is 10.3 Å². The summed E-state index contributed by atoms with van der Waals surface area (Å²) in [7, 11) is 0. The average molecular weight is 225 g/mol. The molecule has 1 heterocycles. The predicted molar refractivity (Wildman–Crippen MR) is 59.1 cm³/mol. The lowest BCUT2D eigenvalue weighted by atomic mass is 9.93. The van der Waals surface area contributed by atoms with Crippen molar-refractivity contribution in [2.24, 2.45) is 0 Å². The summed E-state index contributed by atoms with van der Waals surface area (Å²) in [6.07, 6.45) is 4.88. The standard InChI is InChI=1S/C11H13ClN2O/c1-7-5-10(12)9(6-13-7)11(15)14-8-3-2-4-8/h5-6,8H,2-4H2,1H3,(H,14,15). The third kappa shape index (κ3) is 2.29. The molecule has 1 aromatic heterocycles. The molecule has 1 saturated carbocycles. The van der Waals surface area contributed by atoms with Gasteiger partial charge >= 0.3 is 0 Å². The van der Waals surface area contributed by atoms with E-state index in [0.29, 0.717) is 16.6 Å². The van der Waals surface area contributed by atoms with Gasteiger partial charge in [-0.1, -0.05) is 11.6 Å². The number of aryl methyl sites for hydroxylation is 1. The lowest BCUT2D eigenvalue weighted by Crippen LogP contribution is -2.39. The summed E-state index contributed by atoms with van der Waals surface area (Å²) in [6, 6.07) is 2.03. The fourth-order valence-electron chi connectivity index (χ4n) is 1.51. The first kappa shape index (κ1) is 10.4. The van der Waals surface area contributed by atoms with Crippen LogP contribution in [0.25, 0.3) is 0 Å². The van der Waals surface area contributed by atoms with Gasteiger partial charge in [-0.2, -0.15) is 0 Å². The molecule has 3 nitrogen and oxygen atoms in total. The van der Waals surface area contributed by atoms with Gasteiger partial charge in [0.2, 0.25) is 0 Å². The number of carbonyl (C=O) groups is 1. The molecule has 0 unspecified atom stereocenters. The van der Waals surface area contributed by atoms with Crippen LogP contribution in [0.3, 0.4) is 0 Å². The maximum absolute atomic E-state index is 11.7. The monoisotopic (exact) mass is 224 g/mol. The van der Waals surface area contributed by atoms with Crippen molar-refractivity contribution in [2.45, 2.75) is 32.2 Å². The summed E-state index contributed by atoms with van der Waals surface area (Å²) in [6.45, 7) is 1.85. The Balaban J connectivity index is 2.10. The molecule has 0 atom stereocenters. The summed E-state index contributed by atoms with van der Waals surface area (Å²) < 4.78 is 0. The molecule has 1 aromatic rings. The maximum Gasteiger partial charge on any atom is 0.254 e. The first-order valence-corrected chi connectivity index (χ1v) is 5.47. The molecule has 1 N–H and O–H groups in total. The molecule has 15 heavy (non-hydrogen) atoms. The number of halogens is 1. The molecule has 0 aliphatic heterocycles. The molecule has 0 aromatic carbocycles. The largest absolute Gasteiger partial charge is 0.349 e. The Morgan fingerprint density at radius 1 is 1.60 bits per heavy atom. The lowest BCUT2D eigenvalue weighted by Gasteiger charge is -2.26. The van der Waals surface area contributed by atoms with Gasteiger partial charge in [0, 0.05) is 17.9 Å². The SMILES string of the molecule is Cc1cc(Cl)c(C(=O)NC2CCC2)cn1. The smallest absolute Gasteiger partial charge is 0.254 e. The second-order valence-electron chi connectivity index (χ2n) is 3.91. The number of aromatic nitrogens is 1. The van der Waals surface area contributed by atoms with Crippen LogP contribution in [0.15, 0.2) is 12.3 Å². The molecule has 80 valence electrons. The van der Waals surface area contributed by atoms with Gasteiger partial charge in [-0.3, -0.25) is 9.78 Å². The highest BCUT2D eigenvalue weighted by atomic mass is 35.5. The van der Waals surface area contributed by atoms with Gasteiger partial charge in [0.1, 0.15) is 0 Å². The van der Waals surface area contributed by atoms with Crippen LogP contribution >= 0.6 is 11.6 Å². The van der Waals surface area contributed by atoms with Crippen molar-refractivity contribution in [3.63, 3.8) is 0 Å². The van der Waals surface area contributed by atoms with Crippen molar-refractivity contribution in [1.82, 2.24) is 10.3 Å². The van der Waals surface area contributed by atoms with Crippen LogP contribution in [0.4, 0.5) is 0 Å². The summed E-state index contributed by atoms with van der Waals surface area (Å²) in [5.41, 5.74) is 1.29. The molecule has 1 aliphatic carbocycles. The second-order valence-corrected chi connectivity index (χ2v) is 4.31. The molecular formula is C11H13ClN2O. The van der Waals surface area contributed by atoms with Crippen LogP contribution in [0.1, 0.15) is 35.3 Å². The van der Waals surface area contributed by atoms with Gasteiger partial charge in [-0.15, -0.1) is 0 Å². The summed E-state index contributed by atoms with van der Waals surface area (Å²) in [5, 5.41) is 3.40. The Kier molecular flexibility index (Phi) is 2.91. The van der Waals surface area contributed by atoms with Crippen molar-refractivity contribution in [2.75, 3.05) is 0 Å². The van der Waals surface area contributed by atoms with Crippen molar-refractivity contribution in [1.29, 1.82) is 0 Å². The van der Waals surface area contributed by atoms with Gasteiger partial charge in [-0.05, 0) is 32.3 Å². The minimum absolute atomic E-state index is 0.114. The molecule has 1 fully saturated rings. The van der Waals surface area contributed by atoms with Crippen LogP contribution in [-0.2, 0) is 0 Å². The number of amides is 1. The highest BCUT2D eigenvalue weighted by molar-refractivity contribution is 6.33. The summed E-state index contributed by atoms with van der Waals surface area (Å²) in [5.74, 6) is -0.114. The minimum Gasteiger partial charge on any atom is -0.349 e. The van der Waals surface area contributed by atoms with E-state index in [9.17, 15) is 4.79 Å². The lowest BCUT2D eigenvalue weighted by molar-refractivity contribution is 0.0917. The number of hydrogen-bond acceptors (Lipinski definition) is 2. The van der Waals surface area contributed by atoms with Crippen molar-refractivity contribution in [3.8, 4) is 0 Å². The fraction of sp³-hybridized carbons (Fsp3) is 0.455. The Labute approximate surface area is 93.8 Å². The summed E-state index contributed by atoms with van der Waals surface area (Å²) >= 11 is 5.97. The van der Waals surface area contributed by atoms with Crippen LogP contribution < -0.4 is 5.32 Å². The Hall–Kier alpha value is -1.09. The van der Waals surface area contributed by atoms with E-state index in [0.717, 1.165) is 18.5 Å². The van der Waals surface area contributed by atoms with Crippen LogP contribution in [0, 0.1) is 6.92 Å². The van der Waals surface area contributed by atoms with Crippen LogP contribution in [0.5, 0.6) is 0 Å². The highest BCUT2D eigenvalue weighted by Crippen LogP contribution is 2.20. The summed E-state index contributed by atoms with van der Waals surface area (Å²) in [4.78, 5) is 15.8. The molecule has 0 spiro atoms. The van der Waals surface area contributed by atoms with Crippen molar-refractivity contribution < 1.29 is 4.79 Å². The molecule has 0 saturated heterocycles. The number of pyridine rings is 1. The van der Waals surface area contributed by atoms with E-state index in [1.54, 1.807) is 6.07 Å². The van der Waals surface area contributed by atoms with Crippen molar-refractivity contribution >= 4 is 17.5 Å². The van der Waals surface area contributed by atoms with Gasteiger partial charge in [-0.25, -0.2) is 0 Å². The number of hydrogen-bond donors (Lipinski definition) is 1. The first-order chi connectivity index (χ1) is 7.16. The van der Waals surface area contributed by atoms with E-state index >= 15 is 0 Å². The van der Waals surface area contributed by atoms with Gasteiger partial charge in [0.25, 0.3) is 5.91 Å². The molecule has 0 radical (unpaired) electrons. The van der Waals surface area contributed by atoms with E-state index in [1.807, 2.05) is 6.92 Å². The normalized spacial score (nSPS) is 15.9. The predicted octanol–water partition coefficient (Wildman–Crippen LogP) is 2.33. The molecule has 0 bridgehead atoms. The number of nitrogens with zero attached hydrogens (tertiary/aromatic N) is 1. The van der Waals surface area contributed by atoms with Gasteiger partial charge in [0.15, 0.2) is 0 Å². The fourth-order valence-corrected chi connectivity index (χ4v) is 1.80. The molecule has 1 amide bonds. The maximum atomic E-state index is 11.7. The topological polar surface area (TPSA) is 42.0 Å². The third-order valence-electron chi connectivity index (χ3n) is 2.68. The van der Waals surface area contributed by atoms with E-state index in [-0.39, 0.29) is 5.91 Å². The molecule has 2 rings (SSSR count). The van der Waals surface area contributed by atoms with Crippen molar-refractivity contribution in [3.05, 3.63) is 28.5 Å².